The SMILES string of the molecule is O=C(C[n+]1ccc(C(=O)NCCO)cc1)c1ccc(C(F)(F)C(F)(F)C(F)(F)F)cc1. The van der Waals surface area contributed by atoms with E-state index in [2.05, 4.69) is 5.32 Å². The molecule has 168 valence electrons. The summed E-state index contributed by atoms with van der Waals surface area (Å²) in [5.41, 5.74) is -1.53. The van der Waals surface area contributed by atoms with Crippen molar-refractivity contribution in [3.63, 3.8) is 0 Å². The molecule has 0 aliphatic rings. The lowest BCUT2D eigenvalue weighted by Crippen LogP contribution is -2.50. The van der Waals surface area contributed by atoms with Gasteiger partial charge in [-0.15, -0.1) is 0 Å². The summed E-state index contributed by atoms with van der Waals surface area (Å²) >= 11 is 0. The van der Waals surface area contributed by atoms with Crippen molar-refractivity contribution < 1.29 is 50.0 Å². The van der Waals surface area contributed by atoms with Gasteiger partial charge >= 0.3 is 18.0 Å². The van der Waals surface area contributed by atoms with Gasteiger partial charge in [-0.3, -0.25) is 9.59 Å². The molecule has 0 saturated carbocycles. The van der Waals surface area contributed by atoms with E-state index in [0.717, 1.165) is 12.1 Å². The van der Waals surface area contributed by atoms with E-state index in [0.29, 0.717) is 12.1 Å². The van der Waals surface area contributed by atoms with Crippen LogP contribution in [0.4, 0.5) is 30.7 Å². The Hall–Kier alpha value is -3.02. The van der Waals surface area contributed by atoms with Crippen LogP contribution in [0, 0.1) is 0 Å². The van der Waals surface area contributed by atoms with Gasteiger partial charge in [-0.1, -0.05) is 24.3 Å². The van der Waals surface area contributed by atoms with Crippen LogP contribution >= 0.6 is 0 Å². The van der Waals surface area contributed by atoms with Gasteiger partial charge in [-0.25, -0.2) is 0 Å². The first-order valence-electron chi connectivity index (χ1n) is 8.65. The van der Waals surface area contributed by atoms with Crippen LogP contribution in [0.5, 0.6) is 0 Å². The summed E-state index contributed by atoms with van der Waals surface area (Å²) in [6.07, 6.45) is -3.71. The van der Waals surface area contributed by atoms with Gasteiger partial charge in [0.25, 0.3) is 5.91 Å². The zero-order valence-corrected chi connectivity index (χ0v) is 15.6. The molecule has 0 atom stereocenters. The van der Waals surface area contributed by atoms with Crippen LogP contribution in [0.25, 0.3) is 0 Å². The number of hydrogen-bond donors (Lipinski definition) is 2. The lowest BCUT2D eigenvalue weighted by Gasteiger charge is -2.28. The van der Waals surface area contributed by atoms with Gasteiger partial charge in [0.05, 0.1) is 12.2 Å². The third-order valence-corrected chi connectivity index (χ3v) is 4.20. The number of pyridine rings is 1. The van der Waals surface area contributed by atoms with Gasteiger partial charge in [0, 0.05) is 29.8 Å². The van der Waals surface area contributed by atoms with Crippen molar-refractivity contribution in [3.05, 3.63) is 65.5 Å². The molecular weight excluding hydrogens is 437 g/mol. The fourth-order valence-electron chi connectivity index (χ4n) is 2.47. The van der Waals surface area contributed by atoms with Crippen LogP contribution in [0.3, 0.4) is 0 Å². The summed E-state index contributed by atoms with van der Waals surface area (Å²) in [6.45, 7) is -0.505. The van der Waals surface area contributed by atoms with E-state index in [1.54, 1.807) is 0 Å². The van der Waals surface area contributed by atoms with E-state index in [-0.39, 0.29) is 30.8 Å². The highest BCUT2D eigenvalue weighted by atomic mass is 19.4. The molecule has 0 aliphatic carbocycles. The van der Waals surface area contributed by atoms with Crippen LogP contribution in [0.1, 0.15) is 26.3 Å². The largest absolute Gasteiger partial charge is 0.460 e. The topological polar surface area (TPSA) is 70.3 Å². The molecule has 0 unspecified atom stereocenters. The Balaban J connectivity index is 2.11. The molecular formula is C19H16F7N2O3+. The first-order valence-corrected chi connectivity index (χ1v) is 8.65. The normalized spacial score (nSPS) is 12.5. The molecule has 2 aromatic rings. The molecule has 0 spiro atoms. The van der Waals surface area contributed by atoms with E-state index >= 15 is 0 Å². The Morgan fingerprint density at radius 3 is 1.90 bits per heavy atom. The maximum atomic E-state index is 13.7. The van der Waals surface area contributed by atoms with Crippen LogP contribution < -0.4 is 9.88 Å². The van der Waals surface area contributed by atoms with Crippen LogP contribution in [0.2, 0.25) is 0 Å². The molecule has 5 nitrogen and oxygen atoms in total. The summed E-state index contributed by atoms with van der Waals surface area (Å²) < 4.78 is 91.8. The summed E-state index contributed by atoms with van der Waals surface area (Å²) in [5.74, 6) is -12.9. The van der Waals surface area contributed by atoms with Gasteiger partial charge in [0.1, 0.15) is 0 Å². The molecule has 1 aromatic carbocycles. The average molecular weight is 453 g/mol. The summed E-state index contributed by atoms with van der Waals surface area (Å²) in [7, 11) is 0. The van der Waals surface area contributed by atoms with E-state index in [1.165, 1.54) is 29.1 Å². The fraction of sp³-hybridized carbons (Fsp3) is 0.316. The number of benzene rings is 1. The number of aliphatic hydroxyl groups excluding tert-OH is 1. The Bertz CT molecular complexity index is 927. The molecule has 0 saturated heterocycles. The number of aromatic nitrogens is 1. The highest BCUT2D eigenvalue weighted by Gasteiger charge is 2.73. The first kappa shape index (κ1) is 24.3. The Morgan fingerprint density at radius 1 is 0.871 bits per heavy atom. The van der Waals surface area contributed by atoms with E-state index in [4.69, 9.17) is 5.11 Å². The molecule has 1 amide bonds. The lowest BCUT2D eigenvalue weighted by molar-refractivity contribution is -0.683. The third kappa shape index (κ3) is 5.19. The van der Waals surface area contributed by atoms with Crippen molar-refractivity contribution >= 4 is 11.7 Å². The number of hydrogen-bond acceptors (Lipinski definition) is 3. The summed E-state index contributed by atoms with van der Waals surface area (Å²) in [6, 6.07) is 4.90. The number of nitrogens with zero attached hydrogens (tertiary/aromatic N) is 1. The predicted octanol–water partition coefficient (Wildman–Crippen LogP) is 2.87. The number of aliphatic hydroxyl groups is 1. The molecule has 12 heteroatoms. The molecule has 1 aromatic heterocycles. The quantitative estimate of drug-likeness (QED) is 0.367. The molecule has 0 radical (unpaired) electrons. The standard InChI is InChI=1S/C19H15F7N2O3/c20-17(21,18(22,23)19(24,25)26)14-3-1-12(2-4-14)15(30)11-28-8-5-13(6-9-28)16(31)27-7-10-29/h1-6,8-9,29H,7,10-11H2/p+1. The van der Waals surface area contributed by atoms with Gasteiger partial charge in [0.2, 0.25) is 12.3 Å². The van der Waals surface area contributed by atoms with Crippen LogP contribution in [0.15, 0.2) is 48.8 Å². The molecule has 0 aliphatic heterocycles. The Kier molecular flexibility index (Phi) is 7.04. The maximum Gasteiger partial charge on any atom is 0.460 e. The number of ketones is 1. The van der Waals surface area contributed by atoms with Gasteiger partial charge in [-0.2, -0.15) is 35.3 Å². The smallest absolute Gasteiger partial charge is 0.395 e. The predicted molar refractivity (Wildman–Crippen MR) is 91.7 cm³/mol. The third-order valence-electron chi connectivity index (χ3n) is 4.20. The Morgan fingerprint density at radius 2 is 1.42 bits per heavy atom. The number of carbonyl (C=O) groups excluding carboxylic acids is 2. The minimum absolute atomic E-state index is 0.0517. The van der Waals surface area contributed by atoms with Crippen LogP contribution in [-0.2, 0) is 12.5 Å². The van der Waals surface area contributed by atoms with Gasteiger partial charge in [-0.05, 0) is 0 Å². The first-order chi connectivity index (χ1) is 14.3. The zero-order chi connectivity index (χ0) is 23.4. The van der Waals surface area contributed by atoms with Crippen molar-refractivity contribution in [2.45, 2.75) is 24.6 Å². The molecule has 0 fully saturated rings. The number of rotatable bonds is 8. The number of halogens is 7. The second kappa shape index (κ2) is 9.00. The highest BCUT2D eigenvalue weighted by molar-refractivity contribution is 5.95. The lowest BCUT2D eigenvalue weighted by atomic mass is 9.99. The van der Waals surface area contributed by atoms with Crippen molar-refractivity contribution in [2.75, 3.05) is 13.2 Å². The molecule has 31 heavy (non-hydrogen) atoms. The number of Topliss-reactive ketones (excluding diaryl/α,β-unsaturated/α-hetero) is 1. The summed E-state index contributed by atoms with van der Waals surface area (Å²) in [5, 5.41) is 11.1. The van der Waals surface area contributed by atoms with Crippen LogP contribution in [-0.4, -0.2) is 42.0 Å². The molecule has 1 heterocycles. The maximum absolute atomic E-state index is 13.7. The molecule has 2 N–H and O–H groups in total. The van der Waals surface area contributed by atoms with Gasteiger partial charge in [0.15, 0.2) is 12.4 Å². The zero-order valence-electron chi connectivity index (χ0n) is 15.6. The van der Waals surface area contributed by atoms with Gasteiger partial charge < -0.3 is 10.4 Å². The number of alkyl halides is 7. The summed E-state index contributed by atoms with van der Waals surface area (Å²) in [4.78, 5) is 24.0. The number of carbonyl (C=O) groups is 2. The second-order valence-electron chi connectivity index (χ2n) is 6.39. The van der Waals surface area contributed by atoms with E-state index in [1.807, 2.05) is 0 Å². The number of amides is 1. The van der Waals surface area contributed by atoms with Crippen molar-refractivity contribution in [2.24, 2.45) is 0 Å². The minimum Gasteiger partial charge on any atom is -0.395 e. The minimum atomic E-state index is -6.46. The van der Waals surface area contributed by atoms with Crippen molar-refractivity contribution in [3.8, 4) is 0 Å². The van der Waals surface area contributed by atoms with Crippen molar-refractivity contribution in [1.82, 2.24) is 5.32 Å². The Labute approximate surface area is 171 Å². The number of nitrogens with one attached hydrogen (secondary N) is 1. The van der Waals surface area contributed by atoms with Crippen molar-refractivity contribution in [1.29, 1.82) is 0 Å². The monoisotopic (exact) mass is 453 g/mol. The highest BCUT2D eigenvalue weighted by Crippen LogP contribution is 2.51. The molecule has 2 rings (SSSR count). The fourth-order valence-corrected chi connectivity index (χ4v) is 2.47. The molecule has 0 bridgehead atoms. The average Bonchev–Trinajstić information content (AvgIpc) is 2.71. The second-order valence-corrected chi connectivity index (χ2v) is 6.39. The van der Waals surface area contributed by atoms with E-state index in [9.17, 15) is 40.3 Å². The van der Waals surface area contributed by atoms with E-state index < -0.39 is 35.3 Å².